The first kappa shape index (κ1) is 26.5. The van der Waals surface area contributed by atoms with Crippen molar-refractivity contribution in [2.45, 2.75) is 39.8 Å². The Morgan fingerprint density at radius 2 is 1.91 bits per heavy atom. The summed E-state index contributed by atoms with van der Waals surface area (Å²) in [4.78, 5) is 9.24. The monoisotopic (exact) mass is 563 g/mol. The maximum atomic E-state index is 5.68. The Hall–Kier alpha value is -2.75. The minimum atomic E-state index is 0. The predicted molar refractivity (Wildman–Crippen MR) is 145 cm³/mol. The first-order valence-corrected chi connectivity index (χ1v) is 11.1. The number of halogens is 1. The lowest BCUT2D eigenvalue weighted by atomic mass is 10.1. The van der Waals surface area contributed by atoms with Crippen LogP contribution in [0.3, 0.4) is 0 Å². The van der Waals surface area contributed by atoms with Crippen LogP contribution in [0, 0.1) is 0 Å². The van der Waals surface area contributed by atoms with Crippen molar-refractivity contribution in [3.63, 3.8) is 0 Å². The van der Waals surface area contributed by atoms with E-state index in [4.69, 9.17) is 14.5 Å². The molecule has 33 heavy (non-hydrogen) atoms. The number of hydrogen-bond donors (Lipinski definition) is 2. The molecule has 0 amide bonds. The second kappa shape index (κ2) is 14.4. The standard InChI is InChI=1S/C25H33N5O2.HI/c1-4-26-25(29-21-13-14-22(31-3)23(18-21)32-5-2)28-19-24-27-15-17-30(24)16-9-12-20-10-7-6-8-11-20;/h6-8,10-11,13-15,17-18H,4-5,9,12,16,19H2,1-3H3,(H2,26,28,29);1H. The number of aromatic nitrogens is 2. The van der Waals surface area contributed by atoms with Crippen LogP contribution in [0.1, 0.15) is 31.7 Å². The van der Waals surface area contributed by atoms with Crippen LogP contribution in [-0.4, -0.2) is 35.8 Å². The zero-order valence-electron chi connectivity index (χ0n) is 19.6. The fourth-order valence-electron chi connectivity index (χ4n) is 3.41. The van der Waals surface area contributed by atoms with Gasteiger partial charge in [-0.05, 0) is 44.4 Å². The van der Waals surface area contributed by atoms with Crippen LogP contribution < -0.4 is 20.1 Å². The van der Waals surface area contributed by atoms with Crippen LogP contribution in [0.2, 0.25) is 0 Å². The van der Waals surface area contributed by atoms with Crippen LogP contribution >= 0.6 is 24.0 Å². The topological polar surface area (TPSA) is 72.7 Å². The van der Waals surface area contributed by atoms with Crippen molar-refractivity contribution in [2.75, 3.05) is 25.6 Å². The molecular formula is C25H34IN5O2. The molecule has 0 saturated carbocycles. The Bertz CT molecular complexity index is 991. The molecule has 0 bridgehead atoms. The highest BCUT2D eigenvalue weighted by Gasteiger charge is 2.08. The third-order valence-corrected chi connectivity index (χ3v) is 4.96. The zero-order valence-corrected chi connectivity index (χ0v) is 21.9. The Labute approximate surface area is 213 Å². The van der Waals surface area contributed by atoms with Gasteiger partial charge in [0.25, 0.3) is 0 Å². The van der Waals surface area contributed by atoms with E-state index in [1.54, 1.807) is 7.11 Å². The summed E-state index contributed by atoms with van der Waals surface area (Å²) in [6.07, 6.45) is 5.96. The van der Waals surface area contributed by atoms with E-state index in [0.717, 1.165) is 37.4 Å². The highest BCUT2D eigenvalue weighted by molar-refractivity contribution is 14.0. The van der Waals surface area contributed by atoms with Gasteiger partial charge in [-0.25, -0.2) is 9.98 Å². The first-order valence-electron chi connectivity index (χ1n) is 11.1. The highest BCUT2D eigenvalue weighted by atomic mass is 127. The van der Waals surface area contributed by atoms with Crippen molar-refractivity contribution < 1.29 is 9.47 Å². The lowest BCUT2D eigenvalue weighted by Gasteiger charge is -2.14. The maximum Gasteiger partial charge on any atom is 0.196 e. The maximum absolute atomic E-state index is 5.68. The Kier molecular flexibility index (Phi) is 11.6. The average molecular weight is 563 g/mol. The Balaban J connectivity index is 0.00000385. The van der Waals surface area contributed by atoms with Gasteiger partial charge in [0.05, 0.1) is 13.7 Å². The number of aliphatic imine (C=N–C) groups is 1. The average Bonchev–Trinajstić information content (AvgIpc) is 3.26. The molecule has 3 aromatic rings. The van der Waals surface area contributed by atoms with Gasteiger partial charge in [-0.2, -0.15) is 0 Å². The van der Waals surface area contributed by atoms with Gasteiger partial charge in [0, 0.05) is 37.2 Å². The second-order valence-corrected chi connectivity index (χ2v) is 7.24. The fourth-order valence-corrected chi connectivity index (χ4v) is 3.41. The van der Waals surface area contributed by atoms with Crippen molar-refractivity contribution in [2.24, 2.45) is 4.99 Å². The summed E-state index contributed by atoms with van der Waals surface area (Å²) in [5.41, 5.74) is 2.23. The SMILES string of the molecule is CCNC(=NCc1nccn1CCCc1ccccc1)Nc1ccc(OC)c(OCC)c1.I. The van der Waals surface area contributed by atoms with Gasteiger partial charge in [-0.15, -0.1) is 24.0 Å². The van der Waals surface area contributed by atoms with Crippen molar-refractivity contribution in [3.05, 3.63) is 72.3 Å². The summed E-state index contributed by atoms with van der Waals surface area (Å²) in [5.74, 6) is 3.04. The molecule has 178 valence electrons. The van der Waals surface area contributed by atoms with E-state index in [1.807, 2.05) is 44.4 Å². The van der Waals surface area contributed by atoms with Gasteiger partial charge in [-0.1, -0.05) is 30.3 Å². The lowest BCUT2D eigenvalue weighted by molar-refractivity contribution is 0.311. The van der Waals surface area contributed by atoms with Crippen LogP contribution in [0.15, 0.2) is 65.9 Å². The number of ether oxygens (including phenoxy) is 2. The number of benzene rings is 2. The molecule has 0 radical (unpaired) electrons. The van der Waals surface area contributed by atoms with Gasteiger partial charge >= 0.3 is 0 Å². The van der Waals surface area contributed by atoms with E-state index in [2.05, 4.69) is 50.5 Å². The van der Waals surface area contributed by atoms with E-state index in [0.29, 0.717) is 30.6 Å². The van der Waals surface area contributed by atoms with E-state index in [-0.39, 0.29) is 24.0 Å². The van der Waals surface area contributed by atoms with Crippen molar-refractivity contribution in [1.29, 1.82) is 0 Å². The Morgan fingerprint density at radius 3 is 2.64 bits per heavy atom. The quantitative estimate of drug-likeness (QED) is 0.193. The third kappa shape index (κ3) is 8.27. The molecule has 8 heteroatoms. The number of anilines is 1. The minimum Gasteiger partial charge on any atom is -0.493 e. The number of rotatable bonds is 11. The number of guanidine groups is 1. The molecule has 0 saturated heterocycles. The smallest absolute Gasteiger partial charge is 0.196 e. The lowest BCUT2D eigenvalue weighted by Crippen LogP contribution is -2.30. The molecule has 0 aliphatic carbocycles. The molecule has 7 nitrogen and oxygen atoms in total. The zero-order chi connectivity index (χ0) is 22.6. The van der Waals surface area contributed by atoms with Gasteiger partial charge < -0.3 is 24.7 Å². The molecule has 0 fully saturated rings. The van der Waals surface area contributed by atoms with Crippen molar-refractivity contribution in [1.82, 2.24) is 14.9 Å². The number of aryl methyl sites for hydroxylation is 2. The van der Waals surface area contributed by atoms with Gasteiger partial charge in [0.15, 0.2) is 17.5 Å². The summed E-state index contributed by atoms with van der Waals surface area (Å²) in [6, 6.07) is 16.3. The Morgan fingerprint density at radius 1 is 1.09 bits per heavy atom. The number of imidazole rings is 1. The van der Waals surface area contributed by atoms with E-state index in [9.17, 15) is 0 Å². The van der Waals surface area contributed by atoms with Crippen LogP contribution in [-0.2, 0) is 19.5 Å². The molecule has 2 N–H and O–H groups in total. The van der Waals surface area contributed by atoms with E-state index >= 15 is 0 Å². The number of nitrogens with zero attached hydrogens (tertiary/aromatic N) is 3. The number of methoxy groups -OCH3 is 1. The minimum absolute atomic E-state index is 0. The van der Waals surface area contributed by atoms with Gasteiger partial charge in [0.1, 0.15) is 12.4 Å². The fraction of sp³-hybridized carbons (Fsp3) is 0.360. The summed E-state index contributed by atoms with van der Waals surface area (Å²) >= 11 is 0. The van der Waals surface area contributed by atoms with Gasteiger partial charge in [0.2, 0.25) is 0 Å². The summed E-state index contributed by atoms with van der Waals surface area (Å²) in [6.45, 7) is 6.73. The largest absolute Gasteiger partial charge is 0.493 e. The van der Waals surface area contributed by atoms with Crippen LogP contribution in [0.25, 0.3) is 0 Å². The molecule has 1 heterocycles. The molecule has 0 spiro atoms. The van der Waals surface area contributed by atoms with Crippen molar-refractivity contribution in [3.8, 4) is 11.5 Å². The molecule has 2 aromatic carbocycles. The normalized spacial score (nSPS) is 10.9. The summed E-state index contributed by atoms with van der Waals surface area (Å²) in [7, 11) is 1.64. The molecule has 0 aliphatic rings. The van der Waals surface area contributed by atoms with Gasteiger partial charge in [-0.3, -0.25) is 0 Å². The van der Waals surface area contributed by atoms with Crippen LogP contribution in [0.4, 0.5) is 5.69 Å². The third-order valence-electron chi connectivity index (χ3n) is 4.96. The summed E-state index contributed by atoms with van der Waals surface area (Å²) < 4.78 is 13.2. The number of hydrogen-bond acceptors (Lipinski definition) is 4. The molecule has 0 aliphatic heterocycles. The molecule has 3 rings (SSSR count). The summed E-state index contributed by atoms with van der Waals surface area (Å²) in [5, 5.41) is 6.63. The van der Waals surface area contributed by atoms with Crippen LogP contribution in [0.5, 0.6) is 11.5 Å². The highest BCUT2D eigenvalue weighted by Crippen LogP contribution is 2.30. The first-order chi connectivity index (χ1) is 15.7. The molecule has 0 unspecified atom stereocenters. The van der Waals surface area contributed by atoms with E-state index in [1.165, 1.54) is 5.56 Å². The van der Waals surface area contributed by atoms with Crippen molar-refractivity contribution >= 4 is 35.6 Å². The number of nitrogens with one attached hydrogen (secondary N) is 2. The van der Waals surface area contributed by atoms with E-state index < -0.39 is 0 Å². The second-order valence-electron chi connectivity index (χ2n) is 7.24. The molecule has 0 atom stereocenters. The predicted octanol–water partition coefficient (Wildman–Crippen LogP) is 5.12. The molecule has 1 aromatic heterocycles. The molecular weight excluding hydrogens is 529 g/mol.